The zero-order valence-corrected chi connectivity index (χ0v) is 10.0. The molecule has 1 aromatic rings. The van der Waals surface area contributed by atoms with E-state index in [0.29, 0.717) is 17.3 Å². The van der Waals surface area contributed by atoms with Gasteiger partial charge in [-0.05, 0) is 11.8 Å². The van der Waals surface area contributed by atoms with E-state index in [-0.39, 0.29) is 0 Å². The van der Waals surface area contributed by atoms with E-state index in [1.165, 1.54) is 6.42 Å². The monoisotopic (exact) mass is 221 g/mol. The highest BCUT2D eigenvalue weighted by molar-refractivity contribution is 5.48. The lowest BCUT2D eigenvalue weighted by Crippen LogP contribution is -2.14. The molecule has 5 heteroatoms. The summed E-state index contributed by atoms with van der Waals surface area (Å²) in [7, 11) is 0. The van der Waals surface area contributed by atoms with Crippen molar-refractivity contribution >= 4 is 11.6 Å². The first-order valence-electron chi connectivity index (χ1n) is 5.66. The Kier molecular flexibility index (Phi) is 2.71. The second-order valence-corrected chi connectivity index (χ2v) is 4.94. The van der Waals surface area contributed by atoms with E-state index in [2.05, 4.69) is 34.6 Å². The second kappa shape index (κ2) is 3.90. The van der Waals surface area contributed by atoms with Crippen LogP contribution in [0.4, 0.5) is 11.6 Å². The maximum atomic E-state index is 5.37. The van der Waals surface area contributed by atoms with Gasteiger partial charge in [0.05, 0.1) is 0 Å². The lowest BCUT2D eigenvalue weighted by molar-refractivity contribution is 0.629. The van der Waals surface area contributed by atoms with Crippen molar-refractivity contribution in [3.8, 4) is 0 Å². The number of nitrogen functional groups attached to an aromatic ring is 1. The Morgan fingerprint density at radius 3 is 2.56 bits per heavy atom. The van der Waals surface area contributed by atoms with E-state index in [9.17, 15) is 0 Å². The summed E-state index contributed by atoms with van der Waals surface area (Å²) < 4.78 is 0. The zero-order chi connectivity index (χ0) is 11.8. The van der Waals surface area contributed by atoms with Gasteiger partial charge < -0.3 is 10.7 Å². The first-order valence-corrected chi connectivity index (χ1v) is 5.66. The Balaban J connectivity index is 2.14. The molecular weight excluding hydrogens is 202 g/mol. The fraction of sp³-hybridized carbons (Fsp3) is 0.636. The standard InChI is InChI=1S/C11H19N5/c1-4-8-14-9(5-10(15-8)16-12)13-7-6-11(7,2)3/h5,7H,4,6,12H2,1-3H3,(H2,13,14,15,16). The van der Waals surface area contributed by atoms with Crippen molar-refractivity contribution in [1.82, 2.24) is 9.97 Å². The molecular formula is C11H19N5. The molecule has 1 fully saturated rings. The summed E-state index contributed by atoms with van der Waals surface area (Å²) in [5.74, 6) is 7.69. The molecule has 16 heavy (non-hydrogen) atoms. The molecule has 88 valence electrons. The average molecular weight is 221 g/mol. The van der Waals surface area contributed by atoms with Gasteiger partial charge in [0.2, 0.25) is 0 Å². The van der Waals surface area contributed by atoms with Crippen molar-refractivity contribution in [2.75, 3.05) is 10.7 Å². The summed E-state index contributed by atoms with van der Waals surface area (Å²) >= 11 is 0. The number of rotatable bonds is 4. The average Bonchev–Trinajstić information content (AvgIpc) is 2.85. The molecule has 0 bridgehead atoms. The molecule has 0 spiro atoms. The van der Waals surface area contributed by atoms with E-state index in [1.54, 1.807) is 0 Å². The van der Waals surface area contributed by atoms with Gasteiger partial charge in [0.15, 0.2) is 0 Å². The van der Waals surface area contributed by atoms with Crippen molar-refractivity contribution in [2.45, 2.75) is 39.7 Å². The third-order valence-corrected chi connectivity index (χ3v) is 3.07. The molecule has 1 saturated carbocycles. The summed E-state index contributed by atoms with van der Waals surface area (Å²) in [5.41, 5.74) is 2.95. The first-order chi connectivity index (χ1) is 7.55. The number of aryl methyl sites for hydroxylation is 1. The molecule has 0 aliphatic heterocycles. The summed E-state index contributed by atoms with van der Waals surface area (Å²) in [4.78, 5) is 8.67. The number of nitrogens with one attached hydrogen (secondary N) is 2. The Morgan fingerprint density at radius 1 is 1.44 bits per heavy atom. The fourth-order valence-corrected chi connectivity index (χ4v) is 1.70. The molecule has 1 heterocycles. The van der Waals surface area contributed by atoms with Crippen LogP contribution in [0.1, 0.15) is 33.0 Å². The summed E-state index contributed by atoms with van der Waals surface area (Å²) in [6, 6.07) is 2.35. The van der Waals surface area contributed by atoms with Gasteiger partial charge in [-0.15, -0.1) is 0 Å². The maximum absolute atomic E-state index is 5.37. The Hall–Kier alpha value is -1.36. The van der Waals surface area contributed by atoms with E-state index in [0.717, 1.165) is 18.1 Å². The maximum Gasteiger partial charge on any atom is 0.145 e. The third-order valence-electron chi connectivity index (χ3n) is 3.07. The third kappa shape index (κ3) is 2.24. The smallest absolute Gasteiger partial charge is 0.145 e. The Morgan fingerprint density at radius 2 is 2.06 bits per heavy atom. The van der Waals surface area contributed by atoms with Crippen LogP contribution in [-0.2, 0) is 6.42 Å². The highest BCUT2D eigenvalue weighted by Gasteiger charge is 2.45. The minimum absolute atomic E-state index is 0.383. The summed E-state index contributed by atoms with van der Waals surface area (Å²) in [5, 5.41) is 3.41. The number of hydrazine groups is 1. The van der Waals surface area contributed by atoms with Gasteiger partial charge in [-0.3, -0.25) is 0 Å². The largest absolute Gasteiger partial charge is 0.367 e. The van der Waals surface area contributed by atoms with E-state index in [1.807, 2.05) is 13.0 Å². The van der Waals surface area contributed by atoms with Crippen molar-refractivity contribution in [2.24, 2.45) is 11.3 Å². The second-order valence-electron chi connectivity index (χ2n) is 4.94. The number of anilines is 2. The van der Waals surface area contributed by atoms with Crippen LogP contribution in [0.25, 0.3) is 0 Å². The van der Waals surface area contributed by atoms with E-state index in [4.69, 9.17) is 5.84 Å². The van der Waals surface area contributed by atoms with Gasteiger partial charge in [0.1, 0.15) is 17.5 Å². The lowest BCUT2D eigenvalue weighted by Gasteiger charge is -2.10. The predicted octanol–water partition coefficient (Wildman–Crippen LogP) is 1.53. The molecule has 0 amide bonds. The highest BCUT2D eigenvalue weighted by atomic mass is 15.3. The Bertz CT molecular complexity index is 366. The fourth-order valence-electron chi connectivity index (χ4n) is 1.70. The molecule has 2 rings (SSSR count). The van der Waals surface area contributed by atoms with Crippen molar-refractivity contribution in [3.05, 3.63) is 11.9 Å². The van der Waals surface area contributed by atoms with E-state index >= 15 is 0 Å². The number of nitrogens with zero attached hydrogens (tertiary/aromatic N) is 2. The van der Waals surface area contributed by atoms with Gasteiger partial charge in [-0.25, -0.2) is 15.8 Å². The summed E-state index contributed by atoms with van der Waals surface area (Å²) in [6.07, 6.45) is 1.99. The number of hydrogen-bond acceptors (Lipinski definition) is 5. The van der Waals surface area contributed by atoms with Crippen LogP contribution in [0.3, 0.4) is 0 Å². The van der Waals surface area contributed by atoms with Gasteiger partial charge in [0, 0.05) is 18.5 Å². The van der Waals surface area contributed by atoms with Gasteiger partial charge >= 0.3 is 0 Å². The van der Waals surface area contributed by atoms with E-state index < -0.39 is 0 Å². The number of hydrogen-bond donors (Lipinski definition) is 3. The van der Waals surface area contributed by atoms with Gasteiger partial charge in [-0.2, -0.15) is 0 Å². The van der Waals surface area contributed by atoms with Crippen LogP contribution < -0.4 is 16.6 Å². The number of aromatic nitrogens is 2. The normalized spacial score (nSPS) is 21.6. The van der Waals surface area contributed by atoms with Crippen molar-refractivity contribution < 1.29 is 0 Å². The van der Waals surface area contributed by atoms with Crippen LogP contribution in [-0.4, -0.2) is 16.0 Å². The van der Waals surface area contributed by atoms with Crippen molar-refractivity contribution in [3.63, 3.8) is 0 Å². The number of nitrogens with two attached hydrogens (primary N) is 1. The quantitative estimate of drug-likeness (QED) is 0.531. The van der Waals surface area contributed by atoms with Gasteiger partial charge in [0.25, 0.3) is 0 Å². The molecule has 0 aromatic carbocycles. The van der Waals surface area contributed by atoms with Crippen LogP contribution in [0.2, 0.25) is 0 Å². The molecule has 1 aliphatic carbocycles. The molecule has 0 radical (unpaired) electrons. The summed E-state index contributed by atoms with van der Waals surface area (Å²) in [6.45, 7) is 6.52. The molecule has 4 N–H and O–H groups in total. The zero-order valence-electron chi connectivity index (χ0n) is 10.0. The minimum atomic E-state index is 0.383. The van der Waals surface area contributed by atoms with Crippen LogP contribution >= 0.6 is 0 Å². The van der Waals surface area contributed by atoms with Gasteiger partial charge in [-0.1, -0.05) is 20.8 Å². The molecule has 5 nitrogen and oxygen atoms in total. The predicted molar refractivity (Wildman–Crippen MR) is 65.0 cm³/mol. The Labute approximate surface area is 95.8 Å². The molecule has 1 aromatic heterocycles. The van der Waals surface area contributed by atoms with Crippen LogP contribution in [0.15, 0.2) is 6.07 Å². The molecule has 1 aliphatic rings. The minimum Gasteiger partial charge on any atom is -0.367 e. The molecule has 1 atom stereocenters. The highest BCUT2D eigenvalue weighted by Crippen LogP contribution is 2.46. The lowest BCUT2D eigenvalue weighted by atomic mass is 10.2. The SMILES string of the molecule is CCc1nc(NN)cc(NC2CC2(C)C)n1. The molecule has 1 unspecified atom stereocenters. The van der Waals surface area contributed by atoms with Crippen molar-refractivity contribution in [1.29, 1.82) is 0 Å². The first kappa shape index (κ1) is 11.1. The topological polar surface area (TPSA) is 75.9 Å². The van der Waals surface area contributed by atoms with Crippen LogP contribution in [0.5, 0.6) is 0 Å². The molecule has 0 saturated heterocycles. The van der Waals surface area contributed by atoms with Crippen LogP contribution in [0, 0.1) is 5.41 Å².